The molecule has 180 valence electrons. The van der Waals surface area contributed by atoms with Crippen LogP contribution in [0.5, 0.6) is 17.2 Å². The minimum atomic E-state index is -4.47. The van der Waals surface area contributed by atoms with E-state index in [0.29, 0.717) is 19.6 Å². The van der Waals surface area contributed by atoms with E-state index in [1.807, 2.05) is 30.3 Å². The zero-order chi connectivity index (χ0) is 23.5. The van der Waals surface area contributed by atoms with Crippen LogP contribution in [0.4, 0.5) is 13.2 Å². The van der Waals surface area contributed by atoms with Crippen LogP contribution in [0.2, 0.25) is 0 Å². The summed E-state index contributed by atoms with van der Waals surface area (Å²) in [6.07, 6.45) is -0.750. The highest BCUT2D eigenvalue weighted by molar-refractivity contribution is 5.97. The molecule has 0 bridgehead atoms. The second-order valence-electron chi connectivity index (χ2n) is 7.78. The van der Waals surface area contributed by atoms with E-state index in [2.05, 4.69) is 10.6 Å². The molecule has 1 fully saturated rings. The van der Waals surface area contributed by atoms with Crippen LogP contribution in [0.3, 0.4) is 0 Å². The predicted molar refractivity (Wildman–Crippen MR) is 118 cm³/mol. The van der Waals surface area contributed by atoms with Gasteiger partial charge in [-0.2, -0.15) is 13.2 Å². The van der Waals surface area contributed by atoms with Crippen molar-refractivity contribution in [2.24, 2.45) is 0 Å². The maximum atomic E-state index is 12.8. The second kappa shape index (κ2) is 12.3. The molecule has 3 rings (SSSR count). The molecule has 1 aliphatic heterocycles. The first-order valence-corrected chi connectivity index (χ1v) is 11.1. The fraction of sp³-hybridized carbons (Fsp3) is 0.458. The lowest BCUT2D eigenvalue weighted by Gasteiger charge is -2.24. The molecule has 1 unspecified atom stereocenters. The Morgan fingerprint density at radius 3 is 2.52 bits per heavy atom. The smallest absolute Gasteiger partial charge is 0.422 e. The van der Waals surface area contributed by atoms with Crippen molar-refractivity contribution in [3.8, 4) is 17.2 Å². The number of rotatable bonds is 11. The Bertz CT molecular complexity index is 872. The molecule has 1 aliphatic rings. The van der Waals surface area contributed by atoms with Crippen molar-refractivity contribution in [3.05, 3.63) is 54.1 Å². The van der Waals surface area contributed by atoms with Crippen LogP contribution in [-0.4, -0.2) is 51.0 Å². The van der Waals surface area contributed by atoms with E-state index >= 15 is 0 Å². The Labute approximate surface area is 191 Å². The summed E-state index contributed by atoms with van der Waals surface area (Å²) in [6.45, 7) is 0.598. The van der Waals surface area contributed by atoms with Gasteiger partial charge in [-0.1, -0.05) is 24.6 Å². The van der Waals surface area contributed by atoms with Gasteiger partial charge in [-0.25, -0.2) is 0 Å². The predicted octanol–water partition coefficient (Wildman–Crippen LogP) is 4.35. The number of alkyl halides is 3. The molecule has 33 heavy (non-hydrogen) atoms. The number of nitrogens with one attached hydrogen (secondary N) is 2. The lowest BCUT2D eigenvalue weighted by Crippen LogP contribution is -2.43. The van der Waals surface area contributed by atoms with Crippen LogP contribution in [0.25, 0.3) is 0 Å². The van der Waals surface area contributed by atoms with Gasteiger partial charge in [-0.3, -0.25) is 4.79 Å². The molecule has 0 aromatic heterocycles. The number of amides is 1. The number of para-hydroxylation sites is 1. The van der Waals surface area contributed by atoms with Crippen LogP contribution < -0.4 is 24.8 Å². The van der Waals surface area contributed by atoms with Gasteiger partial charge in [0.2, 0.25) is 0 Å². The van der Waals surface area contributed by atoms with Crippen LogP contribution in [0.1, 0.15) is 36.0 Å². The third-order valence-corrected chi connectivity index (χ3v) is 5.08. The molecule has 1 atom stereocenters. The Morgan fingerprint density at radius 2 is 1.79 bits per heavy atom. The Morgan fingerprint density at radius 1 is 1.00 bits per heavy atom. The highest BCUT2D eigenvalue weighted by Gasteiger charge is 2.28. The van der Waals surface area contributed by atoms with Gasteiger partial charge < -0.3 is 24.8 Å². The Kier molecular flexibility index (Phi) is 9.24. The monoisotopic (exact) mass is 466 g/mol. The average Bonchev–Trinajstić information content (AvgIpc) is 2.82. The first-order chi connectivity index (χ1) is 15.9. The Balaban J connectivity index is 1.58. The van der Waals surface area contributed by atoms with Gasteiger partial charge in [0, 0.05) is 19.0 Å². The number of benzene rings is 2. The molecule has 2 aromatic rings. The molecule has 2 aromatic carbocycles. The molecule has 0 spiro atoms. The van der Waals surface area contributed by atoms with Gasteiger partial charge in [0.05, 0.1) is 18.8 Å². The molecular formula is C24H29F3N2O4. The standard InChI is InChI=1S/C24H29F3N2O4/c25-24(26,27)17-33-20-10-11-22(32-14-6-13-31-19-8-2-1-3-9-19)21(15-20)23(30)29-16-18-7-4-5-12-28-18/h1-3,8-11,15,18,28H,4-7,12-14,16-17H2,(H,29,30). The first-order valence-electron chi connectivity index (χ1n) is 11.1. The van der Waals surface area contributed by atoms with Crippen molar-refractivity contribution < 1.29 is 32.2 Å². The summed E-state index contributed by atoms with van der Waals surface area (Å²) in [5.74, 6) is 0.562. The average molecular weight is 467 g/mol. The number of piperidine rings is 1. The van der Waals surface area contributed by atoms with Gasteiger partial charge in [-0.15, -0.1) is 0 Å². The summed E-state index contributed by atoms with van der Waals surface area (Å²) < 4.78 is 53.7. The van der Waals surface area contributed by atoms with Crippen molar-refractivity contribution in [3.63, 3.8) is 0 Å². The van der Waals surface area contributed by atoms with E-state index in [4.69, 9.17) is 14.2 Å². The summed E-state index contributed by atoms with van der Waals surface area (Å²) in [5.41, 5.74) is 0.134. The zero-order valence-corrected chi connectivity index (χ0v) is 18.3. The van der Waals surface area contributed by atoms with Crippen LogP contribution in [-0.2, 0) is 0 Å². The summed E-state index contributed by atoms with van der Waals surface area (Å²) in [6, 6.07) is 13.6. The van der Waals surface area contributed by atoms with Crippen LogP contribution in [0, 0.1) is 0 Å². The van der Waals surface area contributed by atoms with E-state index < -0.39 is 18.7 Å². The lowest BCUT2D eigenvalue weighted by molar-refractivity contribution is -0.153. The topological polar surface area (TPSA) is 68.8 Å². The van der Waals surface area contributed by atoms with E-state index in [9.17, 15) is 18.0 Å². The molecule has 0 aliphatic carbocycles. The maximum Gasteiger partial charge on any atom is 0.422 e. The van der Waals surface area contributed by atoms with E-state index in [0.717, 1.165) is 31.6 Å². The highest BCUT2D eigenvalue weighted by Crippen LogP contribution is 2.26. The molecule has 2 N–H and O–H groups in total. The second-order valence-corrected chi connectivity index (χ2v) is 7.78. The van der Waals surface area contributed by atoms with E-state index in [1.54, 1.807) is 0 Å². The quantitative estimate of drug-likeness (QED) is 0.482. The SMILES string of the molecule is O=C(NCC1CCCCN1)c1cc(OCC(F)(F)F)ccc1OCCCOc1ccccc1. The molecule has 9 heteroatoms. The third-order valence-electron chi connectivity index (χ3n) is 5.08. The number of hydrogen-bond acceptors (Lipinski definition) is 5. The van der Waals surface area contributed by atoms with Crippen molar-refractivity contribution in [2.75, 3.05) is 32.9 Å². The van der Waals surface area contributed by atoms with E-state index in [1.165, 1.54) is 18.2 Å². The van der Waals surface area contributed by atoms with Crippen molar-refractivity contribution in [2.45, 2.75) is 37.9 Å². The van der Waals surface area contributed by atoms with Crippen LogP contribution >= 0.6 is 0 Å². The van der Waals surface area contributed by atoms with Gasteiger partial charge in [0.15, 0.2) is 6.61 Å². The number of hydrogen-bond donors (Lipinski definition) is 2. The summed E-state index contributed by atoms with van der Waals surface area (Å²) >= 11 is 0. The maximum absolute atomic E-state index is 12.8. The van der Waals surface area contributed by atoms with Gasteiger partial charge in [-0.05, 0) is 49.7 Å². The third kappa shape index (κ3) is 8.84. The minimum absolute atomic E-state index is 0.0481. The first kappa shape index (κ1) is 24.7. The molecule has 0 radical (unpaired) electrons. The normalized spacial score (nSPS) is 16.2. The van der Waals surface area contributed by atoms with Crippen LogP contribution in [0.15, 0.2) is 48.5 Å². The van der Waals surface area contributed by atoms with Crippen molar-refractivity contribution in [1.82, 2.24) is 10.6 Å². The number of ether oxygens (including phenoxy) is 3. The van der Waals surface area contributed by atoms with Gasteiger partial charge in [0.1, 0.15) is 17.2 Å². The fourth-order valence-corrected chi connectivity index (χ4v) is 3.42. The molecule has 1 heterocycles. The van der Waals surface area contributed by atoms with Gasteiger partial charge >= 0.3 is 6.18 Å². The fourth-order valence-electron chi connectivity index (χ4n) is 3.42. The molecule has 0 saturated carbocycles. The van der Waals surface area contributed by atoms with Crippen molar-refractivity contribution in [1.29, 1.82) is 0 Å². The van der Waals surface area contributed by atoms with Gasteiger partial charge in [0.25, 0.3) is 5.91 Å². The lowest BCUT2D eigenvalue weighted by atomic mass is 10.0. The number of halogens is 3. The summed E-state index contributed by atoms with van der Waals surface area (Å²) in [4.78, 5) is 12.8. The number of carbonyl (C=O) groups excluding carboxylic acids is 1. The van der Waals surface area contributed by atoms with Crippen molar-refractivity contribution >= 4 is 5.91 Å². The summed E-state index contributed by atoms with van der Waals surface area (Å²) in [5, 5.41) is 6.19. The summed E-state index contributed by atoms with van der Waals surface area (Å²) in [7, 11) is 0. The molecule has 1 amide bonds. The number of carbonyl (C=O) groups is 1. The largest absolute Gasteiger partial charge is 0.493 e. The molecule has 1 saturated heterocycles. The molecular weight excluding hydrogens is 437 g/mol. The molecule has 6 nitrogen and oxygen atoms in total. The highest BCUT2D eigenvalue weighted by atomic mass is 19.4. The van der Waals surface area contributed by atoms with E-state index in [-0.39, 0.29) is 29.7 Å². The Hall–Kier alpha value is -2.94. The minimum Gasteiger partial charge on any atom is -0.493 e. The zero-order valence-electron chi connectivity index (χ0n) is 18.3.